The van der Waals surface area contributed by atoms with Gasteiger partial charge in [-0.05, 0) is 24.3 Å². The van der Waals surface area contributed by atoms with E-state index in [0.717, 1.165) is 0 Å². The van der Waals surface area contributed by atoms with Crippen LogP contribution in [0, 0.1) is 0 Å². The van der Waals surface area contributed by atoms with Crippen LogP contribution in [0.4, 0.5) is 5.69 Å². The minimum absolute atomic E-state index is 0.592. The lowest BCUT2D eigenvalue weighted by molar-refractivity contribution is 0.414. The highest BCUT2D eigenvalue weighted by atomic mass is 16.5. The van der Waals surface area contributed by atoms with E-state index in [1.165, 1.54) is 0 Å². The molecule has 0 amide bonds. The molecule has 2 aromatic heterocycles. The fourth-order valence-corrected chi connectivity index (χ4v) is 1.35. The molecule has 76 valence electrons. The van der Waals surface area contributed by atoms with E-state index in [0.29, 0.717) is 22.8 Å². The van der Waals surface area contributed by atoms with E-state index in [2.05, 4.69) is 9.97 Å². The topological polar surface area (TPSA) is 61.0 Å². The standard InChI is InChI=1S/C11H11N3O/c1-15-9-5-3-7-14-11(9)10-8(12)4-2-6-13-10/h2-7H,12H2,1H3. The van der Waals surface area contributed by atoms with Gasteiger partial charge in [0, 0.05) is 12.4 Å². The summed E-state index contributed by atoms with van der Waals surface area (Å²) in [6, 6.07) is 7.21. The molecular weight excluding hydrogens is 190 g/mol. The fourth-order valence-electron chi connectivity index (χ4n) is 1.35. The molecule has 2 heterocycles. The van der Waals surface area contributed by atoms with Crippen molar-refractivity contribution in [3.05, 3.63) is 36.7 Å². The molecule has 0 unspecified atom stereocenters. The molecule has 0 aromatic carbocycles. The summed E-state index contributed by atoms with van der Waals surface area (Å²) in [6.07, 6.45) is 3.37. The summed E-state index contributed by atoms with van der Waals surface area (Å²) in [5.41, 5.74) is 7.72. The third kappa shape index (κ3) is 1.74. The second kappa shape index (κ2) is 3.96. The lowest BCUT2D eigenvalue weighted by Crippen LogP contribution is -1.97. The number of hydrogen-bond acceptors (Lipinski definition) is 4. The van der Waals surface area contributed by atoms with Gasteiger partial charge in [0.2, 0.25) is 0 Å². The number of rotatable bonds is 2. The summed E-state index contributed by atoms with van der Waals surface area (Å²) in [7, 11) is 1.60. The lowest BCUT2D eigenvalue weighted by atomic mass is 10.2. The Labute approximate surface area is 87.7 Å². The molecule has 15 heavy (non-hydrogen) atoms. The predicted octanol–water partition coefficient (Wildman–Crippen LogP) is 1.73. The van der Waals surface area contributed by atoms with Crippen molar-refractivity contribution in [2.75, 3.05) is 12.8 Å². The number of pyridine rings is 2. The Balaban J connectivity index is 2.59. The van der Waals surface area contributed by atoms with Crippen LogP contribution in [0.2, 0.25) is 0 Å². The molecule has 0 spiro atoms. The van der Waals surface area contributed by atoms with Crippen LogP contribution in [-0.4, -0.2) is 17.1 Å². The number of methoxy groups -OCH3 is 1. The van der Waals surface area contributed by atoms with Gasteiger partial charge < -0.3 is 10.5 Å². The van der Waals surface area contributed by atoms with E-state index in [1.807, 2.05) is 12.1 Å². The minimum atomic E-state index is 0.592. The zero-order valence-electron chi connectivity index (χ0n) is 8.34. The quantitative estimate of drug-likeness (QED) is 0.803. The average molecular weight is 201 g/mol. The van der Waals surface area contributed by atoms with Crippen molar-refractivity contribution in [2.45, 2.75) is 0 Å². The molecule has 0 aliphatic heterocycles. The molecule has 4 heteroatoms. The molecule has 0 radical (unpaired) electrons. The largest absolute Gasteiger partial charge is 0.494 e. The van der Waals surface area contributed by atoms with E-state index in [1.54, 1.807) is 31.6 Å². The first-order valence-electron chi connectivity index (χ1n) is 4.53. The number of nitrogens with two attached hydrogens (primary N) is 1. The van der Waals surface area contributed by atoms with Gasteiger partial charge in [0.1, 0.15) is 17.1 Å². The first-order valence-corrected chi connectivity index (χ1v) is 4.53. The van der Waals surface area contributed by atoms with Crippen molar-refractivity contribution in [3.63, 3.8) is 0 Å². The zero-order valence-corrected chi connectivity index (χ0v) is 8.34. The fraction of sp³-hybridized carbons (Fsp3) is 0.0909. The molecule has 0 aliphatic carbocycles. The summed E-state index contributed by atoms with van der Waals surface area (Å²) >= 11 is 0. The number of hydrogen-bond donors (Lipinski definition) is 1. The smallest absolute Gasteiger partial charge is 0.146 e. The molecule has 4 nitrogen and oxygen atoms in total. The maximum Gasteiger partial charge on any atom is 0.146 e. The van der Waals surface area contributed by atoms with Gasteiger partial charge >= 0.3 is 0 Å². The van der Waals surface area contributed by atoms with Gasteiger partial charge in [0.05, 0.1) is 12.8 Å². The Morgan fingerprint density at radius 3 is 2.40 bits per heavy atom. The predicted molar refractivity (Wildman–Crippen MR) is 58.4 cm³/mol. The molecule has 0 saturated carbocycles. The number of aromatic nitrogens is 2. The van der Waals surface area contributed by atoms with Gasteiger partial charge in [0.25, 0.3) is 0 Å². The van der Waals surface area contributed by atoms with Gasteiger partial charge in [-0.15, -0.1) is 0 Å². The van der Waals surface area contributed by atoms with Crippen LogP contribution in [-0.2, 0) is 0 Å². The zero-order chi connectivity index (χ0) is 10.7. The van der Waals surface area contributed by atoms with Gasteiger partial charge in [-0.2, -0.15) is 0 Å². The summed E-state index contributed by atoms with van der Waals surface area (Å²) in [5, 5.41) is 0. The molecule has 2 rings (SSSR count). The van der Waals surface area contributed by atoms with Crippen molar-refractivity contribution in [2.24, 2.45) is 0 Å². The summed E-state index contributed by atoms with van der Waals surface area (Å²) in [5.74, 6) is 0.669. The average Bonchev–Trinajstić information content (AvgIpc) is 2.30. The first-order chi connectivity index (χ1) is 7.33. The highest BCUT2D eigenvalue weighted by Gasteiger charge is 2.10. The van der Waals surface area contributed by atoms with Gasteiger partial charge in [0.15, 0.2) is 0 Å². The van der Waals surface area contributed by atoms with Gasteiger partial charge in [-0.1, -0.05) is 0 Å². The summed E-state index contributed by atoms with van der Waals surface area (Å²) in [4.78, 5) is 8.40. The Morgan fingerprint density at radius 2 is 1.73 bits per heavy atom. The highest BCUT2D eigenvalue weighted by molar-refractivity contribution is 5.73. The SMILES string of the molecule is COc1cccnc1-c1ncccc1N. The number of nitrogens with zero attached hydrogens (tertiary/aromatic N) is 2. The number of anilines is 1. The highest BCUT2D eigenvalue weighted by Crippen LogP contribution is 2.28. The maximum absolute atomic E-state index is 5.82. The summed E-state index contributed by atoms with van der Waals surface area (Å²) < 4.78 is 5.20. The molecule has 0 aliphatic rings. The van der Waals surface area contributed by atoms with Gasteiger partial charge in [-0.3, -0.25) is 9.97 Å². The third-order valence-corrected chi connectivity index (χ3v) is 2.05. The second-order valence-corrected chi connectivity index (χ2v) is 3.00. The normalized spacial score (nSPS) is 9.93. The first kappa shape index (κ1) is 9.45. The Kier molecular flexibility index (Phi) is 2.49. The van der Waals surface area contributed by atoms with Crippen LogP contribution in [0.3, 0.4) is 0 Å². The van der Waals surface area contributed by atoms with Gasteiger partial charge in [-0.25, -0.2) is 0 Å². The van der Waals surface area contributed by atoms with E-state index >= 15 is 0 Å². The van der Waals surface area contributed by atoms with E-state index < -0.39 is 0 Å². The van der Waals surface area contributed by atoms with Crippen LogP contribution in [0.25, 0.3) is 11.4 Å². The number of nitrogen functional groups attached to an aromatic ring is 1. The van der Waals surface area contributed by atoms with Crippen LogP contribution < -0.4 is 10.5 Å². The van der Waals surface area contributed by atoms with E-state index in [4.69, 9.17) is 10.5 Å². The molecular formula is C11H11N3O. The Morgan fingerprint density at radius 1 is 1.07 bits per heavy atom. The molecule has 2 N–H and O–H groups in total. The maximum atomic E-state index is 5.82. The molecule has 0 saturated heterocycles. The van der Waals surface area contributed by atoms with Crippen LogP contribution in [0.5, 0.6) is 5.75 Å². The lowest BCUT2D eigenvalue weighted by Gasteiger charge is -2.07. The van der Waals surface area contributed by atoms with Crippen molar-refractivity contribution in [3.8, 4) is 17.1 Å². The number of ether oxygens (including phenoxy) is 1. The molecule has 0 bridgehead atoms. The molecule has 2 aromatic rings. The van der Waals surface area contributed by atoms with Crippen LogP contribution >= 0.6 is 0 Å². The third-order valence-electron chi connectivity index (χ3n) is 2.05. The molecule has 0 fully saturated rings. The second-order valence-electron chi connectivity index (χ2n) is 3.00. The minimum Gasteiger partial charge on any atom is -0.494 e. The van der Waals surface area contributed by atoms with E-state index in [-0.39, 0.29) is 0 Å². The Hall–Kier alpha value is -2.10. The van der Waals surface area contributed by atoms with Crippen LogP contribution in [0.15, 0.2) is 36.7 Å². The van der Waals surface area contributed by atoms with Crippen molar-refractivity contribution in [1.29, 1.82) is 0 Å². The van der Waals surface area contributed by atoms with E-state index in [9.17, 15) is 0 Å². The monoisotopic (exact) mass is 201 g/mol. The van der Waals surface area contributed by atoms with Crippen LogP contribution in [0.1, 0.15) is 0 Å². The summed E-state index contributed by atoms with van der Waals surface area (Å²) in [6.45, 7) is 0. The van der Waals surface area contributed by atoms with Crippen molar-refractivity contribution >= 4 is 5.69 Å². The Bertz CT molecular complexity index is 471. The van der Waals surface area contributed by atoms with Crippen molar-refractivity contribution in [1.82, 2.24) is 9.97 Å². The molecule has 0 atom stereocenters. The van der Waals surface area contributed by atoms with Crippen molar-refractivity contribution < 1.29 is 4.74 Å².